The molecule has 6 heteroatoms. The van der Waals surface area contributed by atoms with Crippen LogP contribution in [0.15, 0.2) is 66.7 Å². The van der Waals surface area contributed by atoms with Gasteiger partial charge in [0.15, 0.2) is 0 Å². The van der Waals surface area contributed by atoms with Crippen molar-refractivity contribution >= 4 is 5.91 Å². The van der Waals surface area contributed by atoms with Crippen LogP contribution >= 0.6 is 0 Å². The van der Waals surface area contributed by atoms with Crippen LogP contribution in [-0.4, -0.2) is 29.7 Å². The normalized spacial score (nSPS) is 14.6. The molecule has 1 amide bonds. The zero-order chi connectivity index (χ0) is 22.0. The molecular weight excluding hydrogens is 398 g/mol. The van der Waals surface area contributed by atoms with Gasteiger partial charge in [0.2, 0.25) is 5.91 Å². The quantitative estimate of drug-likeness (QED) is 0.544. The second kappa shape index (κ2) is 8.96. The van der Waals surface area contributed by atoms with Crippen molar-refractivity contribution in [3.63, 3.8) is 0 Å². The minimum absolute atomic E-state index is 0.0911. The average molecular weight is 422 g/mol. The van der Waals surface area contributed by atoms with Crippen LogP contribution in [0.2, 0.25) is 0 Å². The Morgan fingerprint density at radius 3 is 2.06 bits per heavy atom. The van der Waals surface area contributed by atoms with Crippen LogP contribution in [0.1, 0.15) is 29.7 Å². The van der Waals surface area contributed by atoms with E-state index in [0.29, 0.717) is 5.56 Å². The van der Waals surface area contributed by atoms with Crippen LogP contribution in [-0.2, 0) is 11.2 Å². The van der Waals surface area contributed by atoms with Crippen molar-refractivity contribution in [1.29, 1.82) is 0 Å². The van der Waals surface area contributed by atoms with Crippen molar-refractivity contribution in [3.05, 3.63) is 95.1 Å². The van der Waals surface area contributed by atoms with Gasteiger partial charge in [0, 0.05) is 19.5 Å². The Labute approximate surface area is 179 Å². The summed E-state index contributed by atoms with van der Waals surface area (Å²) >= 11 is 0. The SMILES string of the molecule is CC(=O)N[C@@H](Cc1cc(F)cc(F)c1)[C@H](O)CNC1c2ccccc2-c2ccccc21. The third-order valence-electron chi connectivity index (χ3n) is 5.60. The summed E-state index contributed by atoms with van der Waals surface area (Å²) in [5.74, 6) is -1.70. The molecule has 3 aromatic carbocycles. The molecule has 3 aromatic rings. The van der Waals surface area contributed by atoms with E-state index in [1.54, 1.807) is 0 Å². The van der Waals surface area contributed by atoms with E-state index in [1.807, 2.05) is 24.3 Å². The van der Waals surface area contributed by atoms with Crippen molar-refractivity contribution < 1.29 is 18.7 Å². The molecule has 160 valence electrons. The van der Waals surface area contributed by atoms with Crippen LogP contribution < -0.4 is 10.6 Å². The van der Waals surface area contributed by atoms with Crippen molar-refractivity contribution in [2.75, 3.05) is 6.54 Å². The fourth-order valence-electron chi connectivity index (χ4n) is 4.28. The zero-order valence-electron chi connectivity index (χ0n) is 17.1. The molecular formula is C25H24F2N2O2. The molecule has 0 heterocycles. The van der Waals surface area contributed by atoms with Gasteiger partial charge in [-0.1, -0.05) is 48.5 Å². The minimum atomic E-state index is -0.963. The van der Waals surface area contributed by atoms with Crippen LogP contribution in [0, 0.1) is 11.6 Å². The van der Waals surface area contributed by atoms with Crippen LogP contribution in [0.25, 0.3) is 11.1 Å². The number of carbonyl (C=O) groups is 1. The molecule has 2 atom stereocenters. The summed E-state index contributed by atoms with van der Waals surface area (Å²) in [6.45, 7) is 1.54. The van der Waals surface area contributed by atoms with Gasteiger partial charge in [-0.15, -0.1) is 0 Å². The minimum Gasteiger partial charge on any atom is -0.390 e. The lowest BCUT2D eigenvalue weighted by molar-refractivity contribution is -0.120. The van der Waals surface area contributed by atoms with Gasteiger partial charge >= 0.3 is 0 Å². The first-order valence-electron chi connectivity index (χ1n) is 10.2. The lowest BCUT2D eigenvalue weighted by atomic mass is 9.99. The highest BCUT2D eigenvalue weighted by Gasteiger charge is 2.29. The standard InChI is InChI=1S/C25H24F2N2O2/c1-15(30)29-23(12-16-10-17(26)13-18(27)11-16)24(31)14-28-25-21-8-4-2-6-19(21)20-7-3-5-9-22(20)25/h2-11,13,23-25,28,31H,12,14H2,1H3,(H,29,30)/t23-,24+/m0/s1. The lowest BCUT2D eigenvalue weighted by Crippen LogP contribution is -2.48. The largest absolute Gasteiger partial charge is 0.390 e. The monoisotopic (exact) mass is 422 g/mol. The molecule has 0 saturated heterocycles. The number of carbonyl (C=O) groups excluding carboxylic acids is 1. The van der Waals surface area contributed by atoms with Gasteiger partial charge in [-0.2, -0.15) is 0 Å². The molecule has 0 saturated carbocycles. The Kier molecular flexibility index (Phi) is 6.11. The van der Waals surface area contributed by atoms with Crippen molar-refractivity contribution in [3.8, 4) is 11.1 Å². The number of hydrogen-bond acceptors (Lipinski definition) is 3. The van der Waals surface area contributed by atoms with Gasteiger partial charge in [-0.25, -0.2) is 8.78 Å². The van der Waals surface area contributed by atoms with E-state index in [1.165, 1.54) is 19.1 Å². The van der Waals surface area contributed by atoms with Crippen LogP contribution in [0.4, 0.5) is 8.78 Å². The zero-order valence-corrected chi connectivity index (χ0v) is 17.1. The van der Waals surface area contributed by atoms with Crippen molar-refractivity contribution in [1.82, 2.24) is 10.6 Å². The molecule has 0 unspecified atom stereocenters. The number of aliphatic hydroxyl groups excluding tert-OH is 1. The maximum Gasteiger partial charge on any atom is 0.217 e. The third-order valence-corrected chi connectivity index (χ3v) is 5.60. The Bertz CT molecular complexity index is 1040. The number of halogens is 2. The molecule has 4 rings (SSSR count). The Balaban J connectivity index is 1.51. The van der Waals surface area contributed by atoms with Gasteiger partial charge < -0.3 is 15.7 Å². The van der Waals surface area contributed by atoms with Gasteiger partial charge in [-0.3, -0.25) is 4.79 Å². The van der Waals surface area contributed by atoms with E-state index < -0.39 is 23.8 Å². The maximum absolute atomic E-state index is 13.6. The number of benzene rings is 3. The number of fused-ring (bicyclic) bond motifs is 3. The molecule has 0 bridgehead atoms. The molecule has 0 aromatic heterocycles. The smallest absolute Gasteiger partial charge is 0.217 e. The van der Waals surface area contributed by atoms with E-state index in [9.17, 15) is 18.7 Å². The highest BCUT2D eigenvalue weighted by atomic mass is 19.1. The fraction of sp³-hybridized carbons (Fsp3) is 0.240. The van der Waals surface area contributed by atoms with Crippen molar-refractivity contribution in [2.45, 2.75) is 31.5 Å². The molecule has 0 aliphatic heterocycles. The first kappa shape index (κ1) is 21.2. The predicted molar refractivity (Wildman–Crippen MR) is 115 cm³/mol. The van der Waals surface area contributed by atoms with Gasteiger partial charge in [0.25, 0.3) is 0 Å². The third kappa shape index (κ3) is 4.65. The molecule has 0 spiro atoms. The lowest BCUT2D eigenvalue weighted by Gasteiger charge is -2.26. The predicted octanol–water partition coefficient (Wildman–Crippen LogP) is 3.73. The Morgan fingerprint density at radius 2 is 1.52 bits per heavy atom. The van der Waals surface area contributed by atoms with E-state index >= 15 is 0 Å². The topological polar surface area (TPSA) is 61.4 Å². The Morgan fingerprint density at radius 1 is 0.968 bits per heavy atom. The van der Waals surface area contributed by atoms with E-state index in [4.69, 9.17) is 0 Å². The van der Waals surface area contributed by atoms with Gasteiger partial charge in [0.1, 0.15) is 11.6 Å². The number of amides is 1. The molecule has 31 heavy (non-hydrogen) atoms. The van der Waals surface area contributed by atoms with Gasteiger partial charge in [0.05, 0.1) is 18.2 Å². The number of nitrogens with one attached hydrogen (secondary N) is 2. The number of hydrogen-bond donors (Lipinski definition) is 3. The van der Waals surface area contributed by atoms with Crippen LogP contribution in [0.3, 0.4) is 0 Å². The molecule has 0 radical (unpaired) electrons. The maximum atomic E-state index is 13.6. The van der Waals surface area contributed by atoms with Crippen LogP contribution in [0.5, 0.6) is 0 Å². The highest BCUT2D eigenvalue weighted by molar-refractivity contribution is 5.78. The van der Waals surface area contributed by atoms with E-state index in [0.717, 1.165) is 28.3 Å². The summed E-state index contributed by atoms with van der Waals surface area (Å²) in [5.41, 5.74) is 4.92. The average Bonchev–Trinajstić information content (AvgIpc) is 3.04. The first-order chi connectivity index (χ1) is 14.9. The summed E-state index contributed by atoms with van der Waals surface area (Å²) in [4.78, 5) is 11.7. The molecule has 4 nitrogen and oxygen atoms in total. The van der Waals surface area contributed by atoms with Gasteiger partial charge in [-0.05, 0) is 46.4 Å². The molecule has 0 fully saturated rings. The molecule has 1 aliphatic rings. The van der Waals surface area contributed by atoms with Crippen molar-refractivity contribution in [2.24, 2.45) is 0 Å². The Hall–Kier alpha value is -3.09. The summed E-state index contributed by atoms with van der Waals surface area (Å²) < 4.78 is 27.1. The second-order valence-corrected chi connectivity index (χ2v) is 7.87. The highest BCUT2D eigenvalue weighted by Crippen LogP contribution is 2.42. The van der Waals surface area contributed by atoms with E-state index in [-0.39, 0.29) is 24.9 Å². The summed E-state index contributed by atoms with van der Waals surface area (Å²) in [7, 11) is 0. The first-order valence-corrected chi connectivity index (χ1v) is 10.2. The summed E-state index contributed by atoms with van der Waals surface area (Å²) in [6, 6.07) is 18.6. The summed E-state index contributed by atoms with van der Waals surface area (Å²) in [5, 5.41) is 17.0. The second-order valence-electron chi connectivity index (χ2n) is 7.87. The fourth-order valence-corrected chi connectivity index (χ4v) is 4.28. The van der Waals surface area contributed by atoms with E-state index in [2.05, 4.69) is 34.9 Å². The molecule has 3 N–H and O–H groups in total. The number of rotatable bonds is 7. The number of aliphatic hydroxyl groups is 1. The summed E-state index contributed by atoms with van der Waals surface area (Å²) in [6.07, 6.45) is -0.857. The molecule has 1 aliphatic carbocycles.